The van der Waals surface area contributed by atoms with Crippen molar-refractivity contribution in [1.82, 2.24) is 10.2 Å². The van der Waals surface area contributed by atoms with Gasteiger partial charge in [0.05, 0.1) is 6.42 Å². The Labute approximate surface area is 115 Å². The van der Waals surface area contributed by atoms with Gasteiger partial charge in [-0.25, -0.2) is 4.79 Å². The van der Waals surface area contributed by atoms with E-state index in [-0.39, 0.29) is 19.0 Å². The van der Waals surface area contributed by atoms with Crippen LogP contribution in [-0.4, -0.2) is 41.6 Å². The van der Waals surface area contributed by atoms with E-state index in [0.29, 0.717) is 5.92 Å². The van der Waals surface area contributed by atoms with Gasteiger partial charge in [-0.1, -0.05) is 26.2 Å². The van der Waals surface area contributed by atoms with Gasteiger partial charge in [-0.2, -0.15) is 0 Å². The van der Waals surface area contributed by atoms with E-state index in [9.17, 15) is 9.59 Å². The number of carbonyl (C=O) groups excluding carboxylic acids is 1. The molecule has 5 heteroatoms. The predicted molar refractivity (Wildman–Crippen MR) is 74.1 cm³/mol. The summed E-state index contributed by atoms with van der Waals surface area (Å²) in [6.45, 7) is 3.82. The van der Waals surface area contributed by atoms with Crippen molar-refractivity contribution in [1.29, 1.82) is 0 Å². The zero-order valence-electron chi connectivity index (χ0n) is 11.9. The summed E-state index contributed by atoms with van der Waals surface area (Å²) >= 11 is 0. The van der Waals surface area contributed by atoms with Crippen LogP contribution in [0.1, 0.15) is 51.9 Å². The first kappa shape index (κ1) is 15.8. The van der Waals surface area contributed by atoms with E-state index in [0.717, 1.165) is 19.5 Å². The minimum absolute atomic E-state index is 0.0187. The van der Waals surface area contributed by atoms with E-state index < -0.39 is 5.97 Å². The van der Waals surface area contributed by atoms with E-state index in [1.807, 2.05) is 4.90 Å². The minimum atomic E-state index is -0.880. The highest BCUT2D eigenvalue weighted by atomic mass is 16.4. The Morgan fingerprint density at radius 3 is 2.53 bits per heavy atom. The molecular formula is C14H26N2O3. The Hall–Kier alpha value is -1.26. The van der Waals surface area contributed by atoms with Gasteiger partial charge in [0.15, 0.2) is 0 Å². The number of hydrogen-bond acceptors (Lipinski definition) is 2. The zero-order chi connectivity index (χ0) is 14.1. The van der Waals surface area contributed by atoms with E-state index in [4.69, 9.17) is 5.11 Å². The molecule has 110 valence electrons. The highest BCUT2D eigenvalue weighted by molar-refractivity contribution is 5.75. The molecule has 2 amide bonds. The summed E-state index contributed by atoms with van der Waals surface area (Å²) in [6, 6.07) is -0.117. The second kappa shape index (κ2) is 8.77. The molecule has 0 bridgehead atoms. The van der Waals surface area contributed by atoms with E-state index in [2.05, 4.69) is 12.2 Å². The van der Waals surface area contributed by atoms with Crippen LogP contribution in [0.5, 0.6) is 0 Å². The van der Waals surface area contributed by atoms with Gasteiger partial charge in [0.25, 0.3) is 0 Å². The molecule has 2 N–H and O–H groups in total. The van der Waals surface area contributed by atoms with Crippen LogP contribution in [-0.2, 0) is 4.79 Å². The Bertz CT molecular complexity index is 288. The second-order valence-electron chi connectivity index (χ2n) is 5.33. The zero-order valence-corrected chi connectivity index (χ0v) is 11.9. The molecule has 1 rings (SSSR count). The first-order valence-electron chi connectivity index (χ1n) is 7.38. The first-order valence-corrected chi connectivity index (χ1v) is 7.38. The fourth-order valence-corrected chi connectivity index (χ4v) is 2.62. The van der Waals surface area contributed by atoms with Gasteiger partial charge < -0.3 is 15.3 Å². The molecule has 0 aromatic heterocycles. The lowest BCUT2D eigenvalue weighted by Gasteiger charge is -2.29. The van der Waals surface area contributed by atoms with Gasteiger partial charge in [-0.3, -0.25) is 4.79 Å². The average molecular weight is 270 g/mol. The Balaban J connectivity index is 2.36. The van der Waals surface area contributed by atoms with Crippen molar-refractivity contribution in [2.75, 3.05) is 19.6 Å². The van der Waals surface area contributed by atoms with Crippen LogP contribution in [0.15, 0.2) is 0 Å². The SMILES string of the molecule is CCCN(CC1CCCCC1)C(=O)NCCC(=O)O. The summed E-state index contributed by atoms with van der Waals surface area (Å²) in [7, 11) is 0. The van der Waals surface area contributed by atoms with E-state index >= 15 is 0 Å². The topological polar surface area (TPSA) is 69.6 Å². The first-order chi connectivity index (χ1) is 9.13. The molecule has 0 atom stereocenters. The number of aliphatic carboxylic acids is 1. The van der Waals surface area contributed by atoms with E-state index in [1.54, 1.807) is 0 Å². The van der Waals surface area contributed by atoms with Gasteiger partial charge in [0.2, 0.25) is 0 Å². The highest BCUT2D eigenvalue weighted by Gasteiger charge is 2.20. The third-order valence-electron chi connectivity index (χ3n) is 3.60. The average Bonchev–Trinajstić information content (AvgIpc) is 2.39. The van der Waals surface area contributed by atoms with Gasteiger partial charge in [0.1, 0.15) is 0 Å². The van der Waals surface area contributed by atoms with E-state index in [1.165, 1.54) is 32.1 Å². The Kier molecular flexibility index (Phi) is 7.30. The van der Waals surface area contributed by atoms with Crippen LogP contribution in [0.25, 0.3) is 0 Å². The maximum absolute atomic E-state index is 12.0. The van der Waals surface area contributed by atoms with Crippen LogP contribution in [0.4, 0.5) is 4.79 Å². The lowest BCUT2D eigenvalue weighted by atomic mass is 9.89. The van der Waals surface area contributed by atoms with Gasteiger partial charge in [-0.05, 0) is 25.2 Å². The summed E-state index contributed by atoms with van der Waals surface area (Å²) < 4.78 is 0. The minimum Gasteiger partial charge on any atom is -0.481 e. The standard InChI is InChI=1S/C14H26N2O3/c1-2-10-16(11-12-6-4-3-5-7-12)14(19)15-9-8-13(17)18/h12H,2-11H2,1H3,(H,15,19)(H,17,18). The lowest BCUT2D eigenvalue weighted by molar-refractivity contribution is -0.136. The molecule has 0 aliphatic heterocycles. The molecule has 0 saturated heterocycles. The van der Waals surface area contributed by atoms with Crippen LogP contribution < -0.4 is 5.32 Å². The summed E-state index contributed by atoms with van der Waals surface area (Å²) in [5.41, 5.74) is 0. The Morgan fingerprint density at radius 2 is 1.95 bits per heavy atom. The van der Waals surface area contributed by atoms with Crippen molar-refractivity contribution in [3.63, 3.8) is 0 Å². The lowest BCUT2D eigenvalue weighted by Crippen LogP contribution is -2.43. The summed E-state index contributed by atoms with van der Waals surface area (Å²) in [5, 5.41) is 11.3. The molecule has 0 aromatic carbocycles. The molecular weight excluding hydrogens is 244 g/mol. The third-order valence-corrected chi connectivity index (χ3v) is 3.60. The summed E-state index contributed by atoms with van der Waals surface area (Å²) in [6.07, 6.45) is 7.19. The molecule has 0 spiro atoms. The number of carbonyl (C=O) groups is 2. The number of carboxylic acid groups (broad SMARTS) is 1. The van der Waals surface area contributed by atoms with Crippen molar-refractivity contribution < 1.29 is 14.7 Å². The number of urea groups is 1. The number of hydrogen-bond donors (Lipinski definition) is 2. The number of amides is 2. The van der Waals surface area contributed by atoms with Gasteiger partial charge in [-0.15, -0.1) is 0 Å². The van der Waals surface area contributed by atoms with Crippen LogP contribution in [0.3, 0.4) is 0 Å². The quantitative estimate of drug-likeness (QED) is 0.746. The highest BCUT2D eigenvalue weighted by Crippen LogP contribution is 2.24. The molecule has 5 nitrogen and oxygen atoms in total. The predicted octanol–water partition coefficient (Wildman–Crippen LogP) is 2.46. The van der Waals surface area contributed by atoms with Crippen molar-refractivity contribution in [2.45, 2.75) is 51.9 Å². The van der Waals surface area contributed by atoms with Crippen LogP contribution in [0.2, 0.25) is 0 Å². The largest absolute Gasteiger partial charge is 0.481 e. The van der Waals surface area contributed by atoms with Crippen molar-refractivity contribution in [3.05, 3.63) is 0 Å². The monoisotopic (exact) mass is 270 g/mol. The number of nitrogens with zero attached hydrogens (tertiary/aromatic N) is 1. The number of rotatable bonds is 7. The summed E-state index contributed by atoms with van der Waals surface area (Å²) in [4.78, 5) is 24.3. The molecule has 1 saturated carbocycles. The fourth-order valence-electron chi connectivity index (χ4n) is 2.62. The normalized spacial score (nSPS) is 16.1. The second-order valence-corrected chi connectivity index (χ2v) is 5.33. The fraction of sp³-hybridized carbons (Fsp3) is 0.857. The van der Waals surface area contributed by atoms with Crippen LogP contribution in [0, 0.1) is 5.92 Å². The summed E-state index contributed by atoms with van der Waals surface area (Å²) in [5.74, 6) is -0.264. The maximum atomic E-state index is 12.0. The third kappa shape index (κ3) is 6.45. The molecule has 0 aromatic rings. The number of nitrogens with one attached hydrogen (secondary N) is 1. The molecule has 19 heavy (non-hydrogen) atoms. The molecule has 0 heterocycles. The van der Waals surface area contributed by atoms with Crippen molar-refractivity contribution >= 4 is 12.0 Å². The molecule has 1 aliphatic carbocycles. The smallest absolute Gasteiger partial charge is 0.317 e. The number of carboxylic acids is 1. The molecule has 0 radical (unpaired) electrons. The molecule has 0 unspecified atom stereocenters. The van der Waals surface area contributed by atoms with Crippen molar-refractivity contribution in [3.8, 4) is 0 Å². The van der Waals surface area contributed by atoms with Gasteiger partial charge in [0, 0.05) is 19.6 Å². The molecule has 1 aliphatic rings. The van der Waals surface area contributed by atoms with Crippen LogP contribution >= 0.6 is 0 Å². The van der Waals surface area contributed by atoms with Crippen molar-refractivity contribution in [2.24, 2.45) is 5.92 Å². The van der Waals surface area contributed by atoms with Gasteiger partial charge >= 0.3 is 12.0 Å². The molecule has 1 fully saturated rings. The Morgan fingerprint density at radius 1 is 1.26 bits per heavy atom. The maximum Gasteiger partial charge on any atom is 0.317 e.